The molecule has 0 saturated carbocycles. The zero-order valence-corrected chi connectivity index (χ0v) is 18.6. The summed E-state index contributed by atoms with van der Waals surface area (Å²) in [5.74, 6) is -0.0465. The van der Waals surface area contributed by atoms with E-state index < -0.39 is 12.8 Å². The van der Waals surface area contributed by atoms with E-state index >= 15 is 0 Å². The molecule has 0 amide bonds. The molecule has 0 bridgehead atoms. The number of benzene rings is 4. The van der Waals surface area contributed by atoms with Crippen LogP contribution >= 0.6 is 7.14 Å². The Morgan fingerprint density at radius 1 is 0.656 bits per heavy atom. The van der Waals surface area contributed by atoms with Crippen LogP contribution in [0.4, 0.5) is 0 Å². The minimum absolute atomic E-state index is 0.0465. The Hall–Kier alpha value is -3.48. The van der Waals surface area contributed by atoms with Gasteiger partial charge in [0, 0.05) is 17.0 Å². The lowest BCUT2D eigenvalue weighted by atomic mass is 10.1. The molecule has 0 saturated heterocycles. The van der Waals surface area contributed by atoms with Crippen LogP contribution in [0.5, 0.6) is 0 Å². The fraction of sp³-hybridized carbons (Fsp3) is 0.0690. The lowest BCUT2D eigenvalue weighted by Crippen LogP contribution is -2.23. The third-order valence-corrected chi connectivity index (χ3v) is 9.05. The highest BCUT2D eigenvalue weighted by Crippen LogP contribution is 2.58. The van der Waals surface area contributed by atoms with Crippen LogP contribution in [-0.2, 0) is 9.36 Å². The van der Waals surface area contributed by atoms with Gasteiger partial charge in [-0.3, -0.25) is 4.79 Å². The Morgan fingerprint density at radius 3 is 1.59 bits per heavy atom. The molecule has 2 nitrogen and oxygen atoms in total. The second-order valence-electron chi connectivity index (χ2n) is 7.67. The van der Waals surface area contributed by atoms with E-state index in [4.69, 9.17) is 0 Å². The van der Waals surface area contributed by atoms with E-state index in [1.807, 2.05) is 127 Å². The summed E-state index contributed by atoms with van der Waals surface area (Å²) in [6.07, 6.45) is 3.58. The van der Waals surface area contributed by atoms with Crippen LogP contribution in [0.25, 0.3) is 6.08 Å². The van der Waals surface area contributed by atoms with Gasteiger partial charge in [-0.05, 0) is 17.2 Å². The number of ketones is 1. The SMILES string of the molecule is O=C(/C=C/c1ccccc1)CC(c1ccccc1)P(=O)(c1ccccc1)c1ccccc1. The van der Waals surface area contributed by atoms with Crippen LogP contribution in [0.2, 0.25) is 0 Å². The summed E-state index contributed by atoms with van der Waals surface area (Å²) >= 11 is 0. The molecule has 0 aliphatic carbocycles. The molecule has 1 unspecified atom stereocenters. The molecule has 1 atom stereocenters. The van der Waals surface area contributed by atoms with Gasteiger partial charge in [-0.2, -0.15) is 0 Å². The van der Waals surface area contributed by atoms with Gasteiger partial charge in [0.05, 0.1) is 5.66 Å². The van der Waals surface area contributed by atoms with Gasteiger partial charge in [0.15, 0.2) is 12.9 Å². The average molecular weight is 436 g/mol. The van der Waals surface area contributed by atoms with E-state index in [9.17, 15) is 9.36 Å². The minimum atomic E-state index is -3.16. The quantitative estimate of drug-likeness (QED) is 0.236. The molecule has 0 aliphatic rings. The van der Waals surface area contributed by atoms with Gasteiger partial charge in [-0.1, -0.05) is 127 Å². The molecule has 0 aromatic heterocycles. The molecule has 0 fully saturated rings. The average Bonchev–Trinajstić information content (AvgIpc) is 2.88. The first kappa shape index (κ1) is 21.7. The van der Waals surface area contributed by atoms with Gasteiger partial charge in [-0.25, -0.2) is 0 Å². The van der Waals surface area contributed by atoms with Gasteiger partial charge in [0.2, 0.25) is 0 Å². The number of hydrogen-bond acceptors (Lipinski definition) is 2. The first-order valence-electron chi connectivity index (χ1n) is 10.7. The molecule has 4 aromatic rings. The molecular weight excluding hydrogens is 411 g/mol. The molecule has 0 heterocycles. The third-order valence-electron chi connectivity index (χ3n) is 5.56. The summed E-state index contributed by atoms with van der Waals surface area (Å²) < 4.78 is 15.0. The van der Waals surface area contributed by atoms with Crippen molar-refractivity contribution >= 4 is 29.6 Å². The summed E-state index contributed by atoms with van der Waals surface area (Å²) in [6, 6.07) is 38.6. The Kier molecular flexibility index (Phi) is 6.94. The lowest BCUT2D eigenvalue weighted by molar-refractivity contribution is -0.114. The monoisotopic (exact) mass is 436 g/mol. The standard InChI is InChI=1S/C29H25O2P/c30-26(22-21-24-13-5-1-6-14-24)23-29(25-15-7-2-8-16-25)32(31,27-17-9-3-10-18-27)28-19-11-4-12-20-28/h1-22,29H,23H2/b22-21+. The first-order chi connectivity index (χ1) is 15.7. The second kappa shape index (κ2) is 10.2. The largest absolute Gasteiger partial charge is 0.313 e. The normalized spacial score (nSPS) is 12.5. The molecule has 0 radical (unpaired) electrons. The Bertz CT molecular complexity index is 1170. The van der Waals surface area contributed by atoms with E-state index in [0.717, 1.165) is 21.7 Å². The molecule has 0 spiro atoms. The van der Waals surface area contributed by atoms with E-state index in [-0.39, 0.29) is 12.2 Å². The predicted octanol–water partition coefficient (Wildman–Crippen LogP) is 6.41. The number of allylic oxidation sites excluding steroid dienone is 1. The second-order valence-corrected chi connectivity index (χ2v) is 10.6. The first-order valence-corrected chi connectivity index (χ1v) is 12.5. The van der Waals surface area contributed by atoms with Crippen LogP contribution in [0.3, 0.4) is 0 Å². The van der Waals surface area contributed by atoms with Crippen molar-refractivity contribution in [2.75, 3.05) is 0 Å². The fourth-order valence-electron chi connectivity index (χ4n) is 3.95. The van der Waals surface area contributed by atoms with E-state index in [1.54, 1.807) is 6.08 Å². The zero-order valence-electron chi connectivity index (χ0n) is 17.7. The fourth-order valence-corrected chi connectivity index (χ4v) is 7.23. The van der Waals surface area contributed by atoms with E-state index in [0.29, 0.717) is 0 Å². The Labute approximate surface area is 189 Å². The minimum Gasteiger partial charge on any atom is -0.313 e. The van der Waals surface area contributed by atoms with Crippen molar-refractivity contribution in [3.63, 3.8) is 0 Å². The van der Waals surface area contributed by atoms with Gasteiger partial charge in [0.25, 0.3) is 0 Å². The molecular formula is C29H25O2P. The van der Waals surface area contributed by atoms with Crippen molar-refractivity contribution in [1.29, 1.82) is 0 Å². The van der Waals surface area contributed by atoms with Crippen molar-refractivity contribution in [2.45, 2.75) is 12.1 Å². The Balaban J connectivity index is 1.78. The number of carbonyl (C=O) groups is 1. The summed E-state index contributed by atoms with van der Waals surface area (Å²) in [5, 5.41) is 1.53. The van der Waals surface area contributed by atoms with Gasteiger partial charge >= 0.3 is 0 Å². The van der Waals surface area contributed by atoms with Crippen LogP contribution in [0.1, 0.15) is 23.2 Å². The maximum Gasteiger partial charge on any atom is 0.156 e. The number of carbonyl (C=O) groups excluding carboxylic acids is 1. The molecule has 32 heavy (non-hydrogen) atoms. The zero-order chi connectivity index (χ0) is 22.2. The molecule has 3 heteroatoms. The number of rotatable bonds is 8. The lowest BCUT2D eigenvalue weighted by Gasteiger charge is -2.29. The highest BCUT2D eigenvalue weighted by molar-refractivity contribution is 7.79. The summed E-state index contributed by atoms with van der Waals surface area (Å²) in [6.45, 7) is 0. The van der Waals surface area contributed by atoms with Crippen molar-refractivity contribution in [3.05, 3.63) is 139 Å². The summed E-state index contributed by atoms with van der Waals surface area (Å²) in [7, 11) is -3.16. The third kappa shape index (κ3) is 4.88. The van der Waals surface area contributed by atoms with Crippen molar-refractivity contribution in [1.82, 2.24) is 0 Å². The molecule has 0 aliphatic heterocycles. The highest BCUT2D eigenvalue weighted by Gasteiger charge is 2.38. The van der Waals surface area contributed by atoms with E-state index in [1.165, 1.54) is 0 Å². The topological polar surface area (TPSA) is 34.1 Å². The maximum absolute atomic E-state index is 15.0. The van der Waals surface area contributed by atoms with Gasteiger partial charge in [0.1, 0.15) is 0 Å². The van der Waals surface area contributed by atoms with Crippen molar-refractivity contribution < 1.29 is 9.36 Å². The predicted molar refractivity (Wildman–Crippen MR) is 134 cm³/mol. The van der Waals surface area contributed by atoms with Crippen molar-refractivity contribution in [2.24, 2.45) is 0 Å². The number of hydrogen-bond donors (Lipinski definition) is 0. The van der Waals surface area contributed by atoms with Gasteiger partial charge < -0.3 is 4.57 Å². The smallest absolute Gasteiger partial charge is 0.156 e. The molecule has 0 N–H and O–H groups in total. The van der Waals surface area contributed by atoms with Crippen LogP contribution in [-0.4, -0.2) is 5.78 Å². The van der Waals surface area contributed by atoms with E-state index in [2.05, 4.69) is 0 Å². The molecule has 158 valence electrons. The molecule has 4 rings (SSSR count). The van der Waals surface area contributed by atoms with Gasteiger partial charge in [-0.15, -0.1) is 0 Å². The highest BCUT2D eigenvalue weighted by atomic mass is 31.2. The maximum atomic E-state index is 15.0. The molecule has 4 aromatic carbocycles. The van der Waals surface area contributed by atoms with Crippen LogP contribution in [0, 0.1) is 0 Å². The Morgan fingerprint density at radius 2 is 1.09 bits per heavy atom. The van der Waals surface area contributed by atoms with Crippen molar-refractivity contribution in [3.8, 4) is 0 Å². The van der Waals surface area contributed by atoms with Crippen LogP contribution < -0.4 is 10.6 Å². The summed E-state index contributed by atoms with van der Waals surface area (Å²) in [4.78, 5) is 13.1. The van der Waals surface area contributed by atoms with Crippen LogP contribution in [0.15, 0.2) is 127 Å². The summed E-state index contributed by atoms with van der Waals surface area (Å²) in [5.41, 5.74) is 1.41.